The maximum absolute atomic E-state index is 12.9. The van der Waals surface area contributed by atoms with Crippen molar-refractivity contribution in [3.8, 4) is 0 Å². The number of anilines is 3. The molecule has 0 radical (unpaired) electrons. The van der Waals surface area contributed by atoms with Crippen LogP contribution in [0, 0.1) is 0 Å². The number of nitrogens with zero attached hydrogens (tertiary/aromatic N) is 4. The predicted molar refractivity (Wildman–Crippen MR) is 145 cm³/mol. The normalized spacial score (nSPS) is 17.2. The summed E-state index contributed by atoms with van der Waals surface area (Å²) in [5.74, 6) is 1.56. The molecule has 37 heavy (non-hydrogen) atoms. The molecule has 1 saturated heterocycles. The largest absolute Gasteiger partial charge is 0.381 e. The van der Waals surface area contributed by atoms with Crippen LogP contribution in [0.3, 0.4) is 0 Å². The van der Waals surface area contributed by atoms with E-state index in [9.17, 15) is 4.79 Å². The summed E-state index contributed by atoms with van der Waals surface area (Å²) in [7, 11) is 0. The van der Waals surface area contributed by atoms with Crippen molar-refractivity contribution in [3.05, 3.63) is 41.6 Å². The number of amides is 1. The monoisotopic (exact) mass is 506 g/mol. The lowest BCUT2D eigenvalue weighted by Crippen LogP contribution is -2.43. The fraction of sp³-hybridized carbons (Fsp3) is 0.556. The molecule has 1 saturated carbocycles. The molecule has 0 unspecified atom stereocenters. The van der Waals surface area contributed by atoms with Gasteiger partial charge in [-0.3, -0.25) is 4.79 Å². The first-order valence-electron chi connectivity index (χ1n) is 13.5. The predicted octanol–water partition coefficient (Wildman–Crippen LogP) is 3.92. The fourth-order valence-corrected chi connectivity index (χ4v) is 4.67. The van der Waals surface area contributed by atoms with E-state index >= 15 is 0 Å². The molecule has 1 aliphatic carbocycles. The highest BCUT2D eigenvalue weighted by molar-refractivity contribution is 6.00. The second-order valence-corrected chi connectivity index (χ2v) is 10.4. The summed E-state index contributed by atoms with van der Waals surface area (Å²) in [6.07, 6.45) is 6.51. The van der Waals surface area contributed by atoms with Gasteiger partial charge in [0.05, 0.1) is 11.7 Å². The average molecular weight is 507 g/mol. The molecule has 2 fully saturated rings. The molecule has 0 bridgehead atoms. The Morgan fingerprint density at radius 2 is 2.03 bits per heavy atom. The lowest BCUT2D eigenvalue weighted by Gasteiger charge is -2.23. The van der Waals surface area contributed by atoms with Gasteiger partial charge in [-0.1, -0.05) is 32.9 Å². The number of aromatic nitrogens is 4. The standard InChI is InChI=1S/C27H38N8O2/c1-4-12-29-27(10-11-27)24(36)31-21-7-5-6-19(15-21)16-28-26-34-25(32-20-8-13-37-14-9-20)33-23-22(18(2)3)17-30-35(23)26/h5-7,15,17-18,20,29H,4,8-14,16H2,1-3H3,(H,31,36)(H2,28,32,33,34). The maximum atomic E-state index is 12.9. The Morgan fingerprint density at radius 3 is 2.76 bits per heavy atom. The maximum Gasteiger partial charge on any atom is 0.244 e. The van der Waals surface area contributed by atoms with Crippen molar-refractivity contribution in [1.82, 2.24) is 24.9 Å². The topological polar surface area (TPSA) is 118 Å². The third-order valence-corrected chi connectivity index (χ3v) is 7.11. The number of nitrogens with one attached hydrogen (secondary N) is 4. The quantitative estimate of drug-likeness (QED) is 0.309. The molecule has 3 aromatic rings. The summed E-state index contributed by atoms with van der Waals surface area (Å²) in [6.45, 7) is 9.27. The second-order valence-electron chi connectivity index (χ2n) is 10.4. The number of carbonyl (C=O) groups excluding carboxylic acids is 1. The highest BCUT2D eigenvalue weighted by Crippen LogP contribution is 2.36. The zero-order chi connectivity index (χ0) is 25.8. The lowest BCUT2D eigenvalue weighted by atomic mass is 10.1. The van der Waals surface area contributed by atoms with Crippen LogP contribution in [-0.2, 0) is 16.1 Å². The van der Waals surface area contributed by atoms with Crippen LogP contribution in [0.4, 0.5) is 17.6 Å². The first kappa shape index (κ1) is 25.4. The number of benzene rings is 1. The van der Waals surface area contributed by atoms with Crippen LogP contribution in [0.15, 0.2) is 30.5 Å². The second kappa shape index (κ2) is 11.0. The van der Waals surface area contributed by atoms with Crippen LogP contribution in [0.5, 0.6) is 0 Å². The highest BCUT2D eigenvalue weighted by atomic mass is 16.5. The molecule has 4 N–H and O–H groups in total. The first-order chi connectivity index (χ1) is 18.0. The molecule has 0 atom stereocenters. The molecular formula is C27H38N8O2. The van der Waals surface area contributed by atoms with Crippen LogP contribution in [-0.4, -0.2) is 56.8 Å². The molecule has 3 heterocycles. The van der Waals surface area contributed by atoms with Gasteiger partial charge in [0.2, 0.25) is 17.8 Å². The molecule has 1 aromatic carbocycles. The van der Waals surface area contributed by atoms with E-state index in [-0.39, 0.29) is 17.9 Å². The molecule has 198 valence electrons. The van der Waals surface area contributed by atoms with E-state index in [0.29, 0.717) is 18.4 Å². The molecule has 10 heteroatoms. The van der Waals surface area contributed by atoms with Gasteiger partial charge >= 0.3 is 0 Å². The van der Waals surface area contributed by atoms with Gasteiger partial charge in [-0.05, 0) is 62.3 Å². The van der Waals surface area contributed by atoms with Crippen molar-refractivity contribution in [1.29, 1.82) is 0 Å². The number of hydrogen-bond acceptors (Lipinski definition) is 8. The van der Waals surface area contributed by atoms with E-state index in [0.717, 1.165) is 74.3 Å². The summed E-state index contributed by atoms with van der Waals surface area (Å²) >= 11 is 0. The van der Waals surface area contributed by atoms with E-state index in [4.69, 9.17) is 14.7 Å². The molecule has 1 aliphatic heterocycles. The Balaban J connectivity index is 1.31. The number of ether oxygens (including phenoxy) is 1. The van der Waals surface area contributed by atoms with Gasteiger partial charge in [0.15, 0.2) is 5.65 Å². The minimum absolute atomic E-state index is 0.0464. The lowest BCUT2D eigenvalue weighted by molar-refractivity contribution is -0.119. The van der Waals surface area contributed by atoms with Gasteiger partial charge in [0, 0.05) is 37.1 Å². The van der Waals surface area contributed by atoms with Crippen molar-refractivity contribution in [3.63, 3.8) is 0 Å². The zero-order valence-corrected chi connectivity index (χ0v) is 22.0. The summed E-state index contributed by atoms with van der Waals surface area (Å²) in [5, 5.41) is 18.0. The van der Waals surface area contributed by atoms with E-state index in [2.05, 4.69) is 47.1 Å². The molecule has 5 rings (SSSR count). The van der Waals surface area contributed by atoms with Crippen molar-refractivity contribution >= 4 is 29.1 Å². The van der Waals surface area contributed by atoms with Crippen molar-refractivity contribution in [2.24, 2.45) is 0 Å². The average Bonchev–Trinajstić information content (AvgIpc) is 3.57. The van der Waals surface area contributed by atoms with Crippen LogP contribution in [0.25, 0.3) is 5.65 Å². The van der Waals surface area contributed by atoms with Gasteiger partial charge in [-0.15, -0.1) is 0 Å². The molecule has 2 aromatic heterocycles. The summed E-state index contributed by atoms with van der Waals surface area (Å²) in [5.41, 5.74) is 3.31. The minimum Gasteiger partial charge on any atom is -0.381 e. The van der Waals surface area contributed by atoms with Gasteiger partial charge in [0.1, 0.15) is 0 Å². The first-order valence-corrected chi connectivity index (χ1v) is 13.5. The third kappa shape index (κ3) is 5.86. The van der Waals surface area contributed by atoms with E-state index < -0.39 is 5.54 Å². The molecule has 1 amide bonds. The van der Waals surface area contributed by atoms with E-state index in [1.54, 1.807) is 4.52 Å². The van der Waals surface area contributed by atoms with Crippen LogP contribution in [0.2, 0.25) is 0 Å². The van der Waals surface area contributed by atoms with Crippen LogP contribution < -0.4 is 21.3 Å². The Hall–Kier alpha value is -3.24. The third-order valence-electron chi connectivity index (χ3n) is 7.11. The smallest absolute Gasteiger partial charge is 0.244 e. The summed E-state index contributed by atoms with van der Waals surface area (Å²) in [6, 6.07) is 8.22. The van der Waals surface area contributed by atoms with Crippen molar-refractivity contribution < 1.29 is 9.53 Å². The van der Waals surface area contributed by atoms with Crippen LogP contribution in [0.1, 0.15) is 69.9 Å². The number of hydrogen-bond donors (Lipinski definition) is 4. The van der Waals surface area contributed by atoms with Crippen molar-refractivity contribution in [2.75, 3.05) is 35.7 Å². The van der Waals surface area contributed by atoms with Gasteiger partial charge in [-0.25, -0.2) is 0 Å². The Bertz CT molecular complexity index is 1230. The summed E-state index contributed by atoms with van der Waals surface area (Å²) < 4.78 is 7.26. The zero-order valence-electron chi connectivity index (χ0n) is 22.0. The molecular weight excluding hydrogens is 468 g/mol. The highest BCUT2D eigenvalue weighted by Gasteiger charge is 2.49. The SMILES string of the molecule is CCCNC1(C(=O)Nc2cccc(CNc3nc(NC4CCOCC4)nc4c(C(C)C)cnn34)c2)CC1. The van der Waals surface area contributed by atoms with E-state index in [1.165, 1.54) is 0 Å². The number of rotatable bonds is 11. The molecule has 10 nitrogen and oxygen atoms in total. The molecule has 0 spiro atoms. The van der Waals surface area contributed by atoms with Crippen molar-refractivity contribution in [2.45, 2.75) is 76.9 Å². The Morgan fingerprint density at radius 1 is 1.22 bits per heavy atom. The Labute approximate surface area is 218 Å². The summed E-state index contributed by atoms with van der Waals surface area (Å²) in [4.78, 5) is 22.4. The minimum atomic E-state index is -0.404. The van der Waals surface area contributed by atoms with E-state index in [1.807, 2.05) is 30.5 Å². The van der Waals surface area contributed by atoms with Gasteiger partial charge < -0.3 is 26.0 Å². The fourth-order valence-electron chi connectivity index (χ4n) is 4.67. The van der Waals surface area contributed by atoms with Gasteiger partial charge in [0.25, 0.3) is 0 Å². The van der Waals surface area contributed by atoms with Gasteiger partial charge in [-0.2, -0.15) is 19.6 Å². The van der Waals surface area contributed by atoms with Crippen LogP contribution >= 0.6 is 0 Å². The Kier molecular flexibility index (Phi) is 7.57. The molecule has 2 aliphatic rings. The number of fused-ring (bicyclic) bond motifs is 1. The number of carbonyl (C=O) groups is 1.